The van der Waals surface area contributed by atoms with Crippen molar-refractivity contribution in [3.05, 3.63) is 23.5 Å². The van der Waals surface area contributed by atoms with Crippen LogP contribution in [-0.2, 0) is 11.3 Å². The zero-order valence-electron chi connectivity index (χ0n) is 10.8. The summed E-state index contributed by atoms with van der Waals surface area (Å²) in [6.07, 6.45) is 5.54. The van der Waals surface area contributed by atoms with Gasteiger partial charge in [-0.25, -0.2) is 4.98 Å². The average Bonchev–Trinajstić information content (AvgIpc) is 2.92. The van der Waals surface area contributed by atoms with Gasteiger partial charge >= 0.3 is 5.97 Å². The van der Waals surface area contributed by atoms with Crippen molar-refractivity contribution < 1.29 is 9.90 Å². The SMILES string of the molecule is CC1CC(C(=O)O)CCN1Cc1cn2ccsc2n1. The number of fused-ring (bicyclic) bond motifs is 1. The van der Waals surface area contributed by atoms with Crippen LogP contribution in [0.4, 0.5) is 0 Å². The summed E-state index contributed by atoms with van der Waals surface area (Å²) in [5.41, 5.74) is 1.06. The molecule has 3 rings (SSSR count). The van der Waals surface area contributed by atoms with Crippen molar-refractivity contribution in [3.8, 4) is 0 Å². The standard InChI is InChI=1S/C13H17N3O2S/c1-9-6-10(12(17)18)2-3-15(9)7-11-8-16-4-5-19-13(16)14-11/h4-5,8-10H,2-3,6-7H2,1H3,(H,17,18). The number of hydrogen-bond donors (Lipinski definition) is 1. The summed E-state index contributed by atoms with van der Waals surface area (Å²) in [5.74, 6) is -0.842. The molecule has 1 N–H and O–H groups in total. The first kappa shape index (κ1) is 12.6. The van der Waals surface area contributed by atoms with Gasteiger partial charge in [0.15, 0.2) is 4.96 Å². The smallest absolute Gasteiger partial charge is 0.306 e. The molecule has 2 aromatic rings. The summed E-state index contributed by atoms with van der Waals surface area (Å²) < 4.78 is 2.04. The van der Waals surface area contributed by atoms with Gasteiger partial charge in [0.2, 0.25) is 0 Å². The molecule has 5 nitrogen and oxygen atoms in total. The fourth-order valence-electron chi connectivity index (χ4n) is 2.74. The van der Waals surface area contributed by atoms with Crippen molar-refractivity contribution in [1.29, 1.82) is 0 Å². The summed E-state index contributed by atoms with van der Waals surface area (Å²) in [5, 5.41) is 11.1. The summed E-state index contributed by atoms with van der Waals surface area (Å²) in [4.78, 5) is 18.9. The summed E-state index contributed by atoms with van der Waals surface area (Å²) >= 11 is 1.63. The summed E-state index contributed by atoms with van der Waals surface area (Å²) in [7, 11) is 0. The van der Waals surface area contributed by atoms with Crippen LogP contribution in [0.2, 0.25) is 0 Å². The third kappa shape index (κ3) is 2.50. The molecule has 0 saturated carbocycles. The third-order valence-corrected chi connectivity index (χ3v) is 4.64. The number of carbonyl (C=O) groups is 1. The number of aliphatic carboxylic acids is 1. The molecule has 0 aromatic carbocycles. The van der Waals surface area contributed by atoms with Crippen molar-refractivity contribution >= 4 is 22.3 Å². The summed E-state index contributed by atoms with van der Waals surface area (Å²) in [6.45, 7) is 3.75. The molecular weight excluding hydrogens is 262 g/mol. The van der Waals surface area contributed by atoms with Gasteiger partial charge in [0.05, 0.1) is 11.6 Å². The predicted molar refractivity (Wildman–Crippen MR) is 73.3 cm³/mol. The van der Waals surface area contributed by atoms with Crippen LogP contribution in [0.15, 0.2) is 17.8 Å². The second-order valence-electron chi connectivity index (χ2n) is 5.20. The van der Waals surface area contributed by atoms with E-state index in [0.717, 1.165) is 36.6 Å². The quantitative estimate of drug-likeness (QED) is 0.934. The third-order valence-electron chi connectivity index (χ3n) is 3.87. The highest BCUT2D eigenvalue weighted by molar-refractivity contribution is 7.15. The first-order valence-electron chi connectivity index (χ1n) is 6.51. The zero-order chi connectivity index (χ0) is 13.4. The fourth-order valence-corrected chi connectivity index (χ4v) is 3.46. The number of hydrogen-bond acceptors (Lipinski definition) is 4. The first-order valence-corrected chi connectivity index (χ1v) is 7.39. The Bertz CT molecular complexity index is 563. The minimum Gasteiger partial charge on any atom is -0.481 e. The van der Waals surface area contributed by atoms with Crippen LogP contribution in [0.1, 0.15) is 25.5 Å². The molecule has 1 aliphatic heterocycles. The van der Waals surface area contributed by atoms with Crippen LogP contribution in [-0.4, -0.2) is 37.9 Å². The molecule has 0 aliphatic carbocycles. The Labute approximate surface area is 115 Å². The lowest BCUT2D eigenvalue weighted by Crippen LogP contribution is -2.42. The van der Waals surface area contributed by atoms with Gasteiger partial charge in [-0.05, 0) is 26.3 Å². The molecule has 0 radical (unpaired) electrons. The molecule has 2 atom stereocenters. The molecule has 1 saturated heterocycles. The Hall–Kier alpha value is -1.40. The van der Waals surface area contributed by atoms with Gasteiger partial charge in [-0.1, -0.05) is 0 Å². The molecule has 1 aliphatic rings. The molecule has 2 unspecified atom stereocenters. The minimum atomic E-state index is -0.658. The molecule has 0 bridgehead atoms. The van der Waals surface area contributed by atoms with Gasteiger partial charge < -0.3 is 5.11 Å². The van der Waals surface area contributed by atoms with Crippen LogP contribution in [0, 0.1) is 5.92 Å². The minimum absolute atomic E-state index is 0.184. The molecule has 6 heteroatoms. The van der Waals surface area contributed by atoms with E-state index in [1.54, 1.807) is 11.3 Å². The number of carboxylic acid groups (broad SMARTS) is 1. The van der Waals surface area contributed by atoms with Crippen LogP contribution >= 0.6 is 11.3 Å². The van der Waals surface area contributed by atoms with E-state index in [4.69, 9.17) is 5.11 Å². The largest absolute Gasteiger partial charge is 0.481 e. The highest BCUT2D eigenvalue weighted by Crippen LogP contribution is 2.24. The highest BCUT2D eigenvalue weighted by atomic mass is 32.1. The Balaban J connectivity index is 1.67. The topological polar surface area (TPSA) is 57.8 Å². The maximum atomic E-state index is 11.0. The lowest BCUT2D eigenvalue weighted by atomic mass is 9.92. The fraction of sp³-hybridized carbons (Fsp3) is 0.538. The van der Waals surface area contributed by atoms with E-state index in [-0.39, 0.29) is 5.92 Å². The number of likely N-dealkylation sites (tertiary alicyclic amines) is 1. The van der Waals surface area contributed by atoms with E-state index in [1.807, 2.05) is 16.0 Å². The van der Waals surface area contributed by atoms with Crippen molar-refractivity contribution in [2.75, 3.05) is 6.54 Å². The Morgan fingerprint density at radius 2 is 2.47 bits per heavy atom. The number of nitrogens with zero attached hydrogens (tertiary/aromatic N) is 3. The number of piperidine rings is 1. The predicted octanol–water partition coefficient (Wildman–Crippen LogP) is 2.08. The lowest BCUT2D eigenvalue weighted by molar-refractivity contribution is -0.144. The van der Waals surface area contributed by atoms with E-state index in [0.29, 0.717) is 6.04 Å². The van der Waals surface area contributed by atoms with Crippen LogP contribution in [0.3, 0.4) is 0 Å². The number of rotatable bonds is 3. The van der Waals surface area contributed by atoms with Gasteiger partial charge in [0.25, 0.3) is 0 Å². The lowest BCUT2D eigenvalue weighted by Gasteiger charge is -2.35. The van der Waals surface area contributed by atoms with Crippen LogP contribution in [0.25, 0.3) is 4.96 Å². The molecule has 102 valence electrons. The maximum Gasteiger partial charge on any atom is 0.306 e. The van der Waals surface area contributed by atoms with Gasteiger partial charge in [-0.3, -0.25) is 14.1 Å². The van der Waals surface area contributed by atoms with Crippen LogP contribution < -0.4 is 0 Å². The van der Waals surface area contributed by atoms with E-state index < -0.39 is 5.97 Å². The van der Waals surface area contributed by atoms with E-state index in [2.05, 4.69) is 23.0 Å². The van der Waals surface area contributed by atoms with Crippen molar-refractivity contribution in [2.45, 2.75) is 32.4 Å². The van der Waals surface area contributed by atoms with Crippen LogP contribution in [0.5, 0.6) is 0 Å². The first-order chi connectivity index (χ1) is 9.13. The monoisotopic (exact) mass is 279 g/mol. The summed E-state index contributed by atoms with van der Waals surface area (Å²) in [6, 6.07) is 0.301. The van der Waals surface area contributed by atoms with Crippen molar-refractivity contribution in [2.24, 2.45) is 5.92 Å². The van der Waals surface area contributed by atoms with Gasteiger partial charge in [0.1, 0.15) is 0 Å². The Morgan fingerprint density at radius 3 is 3.16 bits per heavy atom. The molecule has 2 aromatic heterocycles. The number of imidazole rings is 1. The Morgan fingerprint density at radius 1 is 1.63 bits per heavy atom. The van der Waals surface area contributed by atoms with Gasteiger partial charge in [0, 0.05) is 30.4 Å². The van der Waals surface area contributed by atoms with E-state index in [1.165, 1.54) is 0 Å². The number of aromatic nitrogens is 2. The molecule has 1 fully saturated rings. The molecule has 19 heavy (non-hydrogen) atoms. The van der Waals surface area contributed by atoms with Gasteiger partial charge in [-0.2, -0.15) is 0 Å². The highest BCUT2D eigenvalue weighted by Gasteiger charge is 2.29. The van der Waals surface area contributed by atoms with Gasteiger partial charge in [-0.15, -0.1) is 11.3 Å². The zero-order valence-corrected chi connectivity index (χ0v) is 11.6. The maximum absolute atomic E-state index is 11.0. The second kappa shape index (κ2) is 4.94. The van der Waals surface area contributed by atoms with E-state index >= 15 is 0 Å². The second-order valence-corrected chi connectivity index (χ2v) is 6.08. The number of carboxylic acids is 1. The Kier molecular flexibility index (Phi) is 3.28. The van der Waals surface area contributed by atoms with E-state index in [9.17, 15) is 4.79 Å². The molecule has 0 spiro atoms. The molecule has 0 amide bonds. The molecular formula is C13H17N3O2S. The van der Waals surface area contributed by atoms with Crippen molar-refractivity contribution in [1.82, 2.24) is 14.3 Å². The normalized spacial score (nSPS) is 24.9. The average molecular weight is 279 g/mol. The number of thiazole rings is 1. The van der Waals surface area contributed by atoms with Crippen molar-refractivity contribution in [3.63, 3.8) is 0 Å². The molecule has 3 heterocycles.